The summed E-state index contributed by atoms with van der Waals surface area (Å²) >= 11 is 0. The highest BCUT2D eigenvalue weighted by Gasteiger charge is 2.28. The first-order valence-electron chi connectivity index (χ1n) is 22.7. The standard InChI is InChI=1S/C48H78O14P2/c1-3-5-7-8-9-10-11-12-13-14-15-16-17-18-23-26-29-32-35-39-48(52)62-46(43-61-64(56,57)60-41-45(50)40-59-63(53,54)55)42-58-47(51)38-34-31-28-25-22-20-19-21-24-27-30-33-37-44(49)36-6-4-2/h6,9-10,12-13,15-16,18-20,23-25,27-28,30,33,36,44-46,49-50H,3-5,7-8,11,14,17,21-22,26,29,31-32,34-35,37-43H2,1-2H3,(H,56,57)(H2,53,54,55)/b10-9-,13-12-,16-15-,20-19-,23-18-,27-24-,28-25-,33-30+,36-6-/t44?,45-,46+/m0/s1. The highest BCUT2D eigenvalue weighted by atomic mass is 31.2. The maximum atomic E-state index is 12.7. The lowest BCUT2D eigenvalue weighted by molar-refractivity contribution is -0.161. The summed E-state index contributed by atoms with van der Waals surface area (Å²) in [7, 11) is -9.73. The number of esters is 2. The number of allylic oxidation sites excluding steroid dienone is 16. The van der Waals surface area contributed by atoms with Crippen LogP contribution in [-0.4, -0.2) is 81.6 Å². The normalized spacial score (nSPS) is 15.4. The zero-order chi connectivity index (χ0) is 47.4. The number of carbonyl (C=O) groups is 2. The summed E-state index contributed by atoms with van der Waals surface area (Å²) in [4.78, 5) is 52.7. The fourth-order valence-electron chi connectivity index (χ4n) is 5.27. The highest BCUT2D eigenvalue weighted by Crippen LogP contribution is 2.43. The van der Waals surface area contributed by atoms with Gasteiger partial charge in [0.25, 0.3) is 0 Å². The summed E-state index contributed by atoms with van der Waals surface area (Å²) in [6, 6.07) is 0. The molecule has 0 aliphatic rings. The molecule has 0 saturated heterocycles. The van der Waals surface area contributed by atoms with Gasteiger partial charge in [-0.2, -0.15) is 0 Å². The zero-order valence-electron chi connectivity index (χ0n) is 38.2. The molecule has 14 nitrogen and oxygen atoms in total. The Morgan fingerprint density at radius 3 is 1.61 bits per heavy atom. The fourth-order valence-corrected chi connectivity index (χ4v) is 6.42. The van der Waals surface area contributed by atoms with Gasteiger partial charge in [0.15, 0.2) is 6.10 Å². The summed E-state index contributed by atoms with van der Waals surface area (Å²) in [5.41, 5.74) is 0. The van der Waals surface area contributed by atoms with Crippen LogP contribution < -0.4 is 0 Å². The number of aliphatic hydroxyl groups is 2. The lowest BCUT2D eigenvalue weighted by atomic mass is 10.1. The molecule has 364 valence electrons. The Morgan fingerprint density at radius 2 is 1.03 bits per heavy atom. The average Bonchev–Trinajstić information content (AvgIpc) is 3.25. The lowest BCUT2D eigenvalue weighted by Crippen LogP contribution is -2.30. The summed E-state index contributed by atoms with van der Waals surface area (Å²) in [5.74, 6) is -1.17. The Hall–Kier alpha value is -3.26. The van der Waals surface area contributed by atoms with Crippen LogP contribution in [0.4, 0.5) is 0 Å². The largest absolute Gasteiger partial charge is 0.472 e. The molecule has 0 fully saturated rings. The number of hydrogen-bond donors (Lipinski definition) is 5. The second kappa shape index (κ2) is 42.4. The molecule has 4 atom stereocenters. The van der Waals surface area contributed by atoms with Gasteiger partial charge in [0.05, 0.1) is 25.9 Å². The lowest BCUT2D eigenvalue weighted by Gasteiger charge is -2.20. The monoisotopic (exact) mass is 940 g/mol. The number of unbranched alkanes of at least 4 members (excludes halogenated alkanes) is 7. The Kier molecular flexibility index (Phi) is 40.2. The smallest absolute Gasteiger partial charge is 0.462 e. The molecule has 0 amide bonds. The van der Waals surface area contributed by atoms with E-state index in [-0.39, 0.29) is 12.8 Å². The first-order valence-corrected chi connectivity index (χ1v) is 25.7. The van der Waals surface area contributed by atoms with Gasteiger partial charge in [-0.15, -0.1) is 0 Å². The number of ether oxygens (including phenoxy) is 2. The van der Waals surface area contributed by atoms with E-state index in [2.05, 4.69) is 64.6 Å². The minimum absolute atomic E-state index is 0.0663. The molecule has 0 spiro atoms. The molecule has 0 heterocycles. The van der Waals surface area contributed by atoms with Crippen LogP contribution in [0.5, 0.6) is 0 Å². The summed E-state index contributed by atoms with van der Waals surface area (Å²) in [5, 5.41) is 19.5. The van der Waals surface area contributed by atoms with E-state index in [1.807, 2.05) is 61.6 Å². The van der Waals surface area contributed by atoms with Crippen LogP contribution in [0.25, 0.3) is 0 Å². The van der Waals surface area contributed by atoms with Crippen LogP contribution in [0.15, 0.2) is 109 Å². The molecule has 0 saturated carbocycles. The number of aliphatic hydroxyl groups excluding tert-OH is 2. The number of phosphoric acid groups is 2. The number of hydrogen-bond acceptors (Lipinski definition) is 11. The van der Waals surface area contributed by atoms with Gasteiger partial charge in [-0.3, -0.25) is 23.2 Å². The molecule has 0 aromatic heterocycles. The second-order valence-corrected chi connectivity index (χ2v) is 17.5. The maximum Gasteiger partial charge on any atom is 0.472 e. The molecule has 0 radical (unpaired) electrons. The van der Waals surface area contributed by atoms with Gasteiger partial charge in [0, 0.05) is 12.8 Å². The fraction of sp³-hybridized carbons (Fsp3) is 0.583. The van der Waals surface area contributed by atoms with E-state index in [1.54, 1.807) is 6.08 Å². The highest BCUT2D eigenvalue weighted by molar-refractivity contribution is 7.47. The molecule has 0 aromatic rings. The van der Waals surface area contributed by atoms with Crippen LogP contribution in [0.3, 0.4) is 0 Å². The molecule has 5 N–H and O–H groups in total. The molecule has 0 bridgehead atoms. The van der Waals surface area contributed by atoms with Crippen molar-refractivity contribution in [3.8, 4) is 0 Å². The van der Waals surface area contributed by atoms with Gasteiger partial charge in [-0.25, -0.2) is 9.13 Å². The first-order chi connectivity index (χ1) is 30.8. The zero-order valence-corrected chi connectivity index (χ0v) is 40.0. The predicted octanol–water partition coefficient (Wildman–Crippen LogP) is 10.9. The first kappa shape index (κ1) is 60.7. The molecule has 64 heavy (non-hydrogen) atoms. The van der Waals surface area contributed by atoms with Crippen molar-refractivity contribution in [1.29, 1.82) is 0 Å². The van der Waals surface area contributed by atoms with Crippen LogP contribution in [0, 0.1) is 0 Å². The molecule has 0 aromatic carbocycles. The van der Waals surface area contributed by atoms with E-state index in [0.29, 0.717) is 25.7 Å². The minimum Gasteiger partial charge on any atom is -0.462 e. The van der Waals surface area contributed by atoms with Gasteiger partial charge in [-0.1, -0.05) is 142 Å². The molecule has 0 rings (SSSR count). The van der Waals surface area contributed by atoms with Crippen molar-refractivity contribution < 1.29 is 66.7 Å². The van der Waals surface area contributed by atoms with Gasteiger partial charge in [0.1, 0.15) is 12.7 Å². The number of rotatable bonds is 41. The molecular formula is C48H78O14P2. The van der Waals surface area contributed by atoms with Crippen LogP contribution in [0.1, 0.15) is 136 Å². The van der Waals surface area contributed by atoms with Crippen molar-refractivity contribution in [3.05, 3.63) is 109 Å². The van der Waals surface area contributed by atoms with E-state index < -0.39 is 72.3 Å². The maximum absolute atomic E-state index is 12.7. The molecular weight excluding hydrogens is 862 g/mol. The van der Waals surface area contributed by atoms with E-state index in [9.17, 15) is 33.8 Å². The SMILES string of the molecule is CC/C=C\C(O)C/C=C/C=C\C/C=C\C/C=C\CCCC(=O)OC[C@H](COP(=O)(O)OC[C@@H](O)COP(=O)(O)O)OC(=O)CCCCC/C=C\C/C=C\C/C=C\C/C=C\CCCCC. The number of phosphoric ester groups is 2. The molecule has 0 aliphatic carbocycles. The Morgan fingerprint density at radius 1 is 0.531 bits per heavy atom. The minimum atomic E-state index is -4.88. The van der Waals surface area contributed by atoms with Gasteiger partial charge in [-0.05, 0) is 89.9 Å². The Labute approximate surface area is 383 Å². The van der Waals surface area contributed by atoms with Crippen molar-refractivity contribution in [2.75, 3.05) is 26.4 Å². The van der Waals surface area contributed by atoms with Crippen LogP contribution in [-0.2, 0) is 41.8 Å². The Bertz CT molecular complexity index is 1560. The topological polar surface area (TPSA) is 216 Å². The third-order valence-corrected chi connectivity index (χ3v) is 10.1. The van der Waals surface area contributed by atoms with E-state index in [1.165, 1.54) is 19.3 Å². The van der Waals surface area contributed by atoms with E-state index in [4.69, 9.17) is 23.8 Å². The summed E-state index contributed by atoms with van der Waals surface area (Å²) in [6.07, 6.45) is 48.5. The quantitative estimate of drug-likeness (QED) is 0.0127. The molecule has 0 aliphatic heterocycles. The van der Waals surface area contributed by atoms with Crippen molar-refractivity contribution in [3.63, 3.8) is 0 Å². The Balaban J connectivity index is 4.70. The van der Waals surface area contributed by atoms with Gasteiger partial charge < -0.3 is 34.4 Å². The van der Waals surface area contributed by atoms with E-state index >= 15 is 0 Å². The predicted molar refractivity (Wildman–Crippen MR) is 254 cm³/mol. The third-order valence-electron chi connectivity index (χ3n) is 8.71. The third kappa shape index (κ3) is 45.3. The van der Waals surface area contributed by atoms with Crippen LogP contribution >= 0.6 is 15.6 Å². The van der Waals surface area contributed by atoms with Crippen LogP contribution in [0.2, 0.25) is 0 Å². The van der Waals surface area contributed by atoms with Crippen molar-refractivity contribution >= 4 is 27.6 Å². The average molecular weight is 941 g/mol. The molecule has 2 unspecified atom stereocenters. The molecule has 16 heteroatoms. The summed E-state index contributed by atoms with van der Waals surface area (Å²) < 4.78 is 47.7. The van der Waals surface area contributed by atoms with Crippen molar-refractivity contribution in [2.45, 2.75) is 154 Å². The number of carbonyl (C=O) groups excluding carboxylic acids is 2. The van der Waals surface area contributed by atoms with Gasteiger partial charge >= 0.3 is 27.6 Å². The van der Waals surface area contributed by atoms with Gasteiger partial charge in [0.2, 0.25) is 0 Å². The van der Waals surface area contributed by atoms with Crippen molar-refractivity contribution in [2.24, 2.45) is 0 Å². The van der Waals surface area contributed by atoms with E-state index in [0.717, 1.165) is 64.2 Å². The summed E-state index contributed by atoms with van der Waals surface area (Å²) in [6.45, 7) is 1.36. The second-order valence-electron chi connectivity index (χ2n) is 14.8. The van der Waals surface area contributed by atoms with Crippen molar-refractivity contribution in [1.82, 2.24) is 0 Å².